The molecule has 0 radical (unpaired) electrons. The van der Waals surface area contributed by atoms with Crippen molar-refractivity contribution < 1.29 is 19.1 Å². The van der Waals surface area contributed by atoms with E-state index in [0.29, 0.717) is 42.6 Å². The molecular weight excluding hydrogens is 438 g/mol. The number of benzene rings is 2. The number of methoxy groups -OCH3 is 1. The Hall–Kier alpha value is -2.94. The van der Waals surface area contributed by atoms with Gasteiger partial charge in [-0.3, -0.25) is 10.1 Å². The summed E-state index contributed by atoms with van der Waals surface area (Å²) in [4.78, 5) is 26.3. The van der Waals surface area contributed by atoms with E-state index in [1.807, 2.05) is 6.07 Å². The van der Waals surface area contributed by atoms with Gasteiger partial charge in [-0.25, -0.2) is 4.79 Å². The van der Waals surface area contributed by atoms with Gasteiger partial charge in [-0.1, -0.05) is 23.7 Å². The first-order valence-corrected chi connectivity index (χ1v) is 10.4. The van der Waals surface area contributed by atoms with Crippen molar-refractivity contribution in [2.75, 3.05) is 43.6 Å². The summed E-state index contributed by atoms with van der Waals surface area (Å²) in [5.74, 6) is -0.845. The van der Waals surface area contributed by atoms with Crippen LogP contribution in [0.25, 0.3) is 6.08 Å². The quantitative estimate of drug-likeness (QED) is 0.402. The van der Waals surface area contributed by atoms with Crippen molar-refractivity contribution >= 4 is 58.3 Å². The van der Waals surface area contributed by atoms with Crippen LogP contribution < -0.4 is 15.5 Å². The zero-order valence-corrected chi connectivity index (χ0v) is 18.5. The molecule has 1 amide bonds. The first-order chi connectivity index (χ1) is 15.0. The van der Waals surface area contributed by atoms with Gasteiger partial charge >= 0.3 is 5.97 Å². The van der Waals surface area contributed by atoms with Gasteiger partial charge in [0.2, 0.25) is 5.91 Å². The molecule has 7 nitrogen and oxygen atoms in total. The highest BCUT2D eigenvalue weighted by atomic mass is 35.5. The normalized spacial score (nSPS) is 13.7. The minimum absolute atomic E-state index is 0.113. The molecule has 0 atom stereocenters. The maximum Gasteiger partial charge on any atom is 0.337 e. The summed E-state index contributed by atoms with van der Waals surface area (Å²) in [7, 11) is 1.32. The van der Waals surface area contributed by atoms with Gasteiger partial charge in [0, 0.05) is 24.2 Å². The van der Waals surface area contributed by atoms with Gasteiger partial charge in [0.25, 0.3) is 0 Å². The number of rotatable bonds is 5. The molecule has 162 valence electrons. The lowest BCUT2D eigenvalue weighted by Crippen LogP contribution is -2.38. The number of nitrogens with zero attached hydrogens (tertiary/aromatic N) is 1. The van der Waals surface area contributed by atoms with Gasteiger partial charge in [-0.2, -0.15) is 0 Å². The first kappa shape index (κ1) is 22.7. The fourth-order valence-electron chi connectivity index (χ4n) is 3.01. The van der Waals surface area contributed by atoms with E-state index in [1.54, 1.807) is 42.5 Å². The van der Waals surface area contributed by atoms with Gasteiger partial charge < -0.3 is 19.7 Å². The average Bonchev–Trinajstić information content (AvgIpc) is 2.78. The molecule has 9 heteroatoms. The molecule has 1 aliphatic rings. The average molecular weight is 460 g/mol. The lowest BCUT2D eigenvalue weighted by molar-refractivity contribution is -0.115. The van der Waals surface area contributed by atoms with E-state index in [1.165, 1.54) is 13.2 Å². The van der Waals surface area contributed by atoms with Crippen LogP contribution in [-0.2, 0) is 14.3 Å². The molecule has 2 N–H and O–H groups in total. The molecule has 31 heavy (non-hydrogen) atoms. The summed E-state index contributed by atoms with van der Waals surface area (Å²) in [6.07, 6.45) is 3.04. The Morgan fingerprint density at radius 2 is 1.87 bits per heavy atom. The zero-order chi connectivity index (χ0) is 22.2. The SMILES string of the molecule is COC(=O)c1ccc(N2CCOCC2)c(NC(=S)NC(=O)/C=C/c2ccc(Cl)cc2)c1. The number of hydrogen-bond donors (Lipinski definition) is 2. The predicted molar refractivity (Wildman–Crippen MR) is 126 cm³/mol. The largest absolute Gasteiger partial charge is 0.465 e. The van der Waals surface area contributed by atoms with E-state index in [2.05, 4.69) is 15.5 Å². The van der Waals surface area contributed by atoms with Crippen molar-refractivity contribution in [2.24, 2.45) is 0 Å². The lowest BCUT2D eigenvalue weighted by atomic mass is 10.1. The third kappa shape index (κ3) is 6.52. The molecule has 2 aromatic carbocycles. The number of ether oxygens (including phenoxy) is 2. The Kier molecular flexibility index (Phi) is 8.00. The second-order valence-corrected chi connectivity index (χ2v) is 7.50. The van der Waals surface area contributed by atoms with Crippen LogP contribution in [0.1, 0.15) is 15.9 Å². The molecule has 0 aromatic heterocycles. The summed E-state index contributed by atoms with van der Waals surface area (Å²) < 4.78 is 10.2. The van der Waals surface area contributed by atoms with Crippen molar-refractivity contribution in [3.63, 3.8) is 0 Å². The number of hydrogen-bond acceptors (Lipinski definition) is 6. The lowest BCUT2D eigenvalue weighted by Gasteiger charge is -2.31. The molecule has 1 saturated heterocycles. The molecule has 0 unspecified atom stereocenters. The van der Waals surface area contributed by atoms with E-state index in [-0.39, 0.29) is 11.0 Å². The van der Waals surface area contributed by atoms with Crippen LogP contribution >= 0.6 is 23.8 Å². The minimum atomic E-state index is -0.461. The zero-order valence-electron chi connectivity index (χ0n) is 16.9. The smallest absolute Gasteiger partial charge is 0.337 e. The van der Waals surface area contributed by atoms with E-state index in [9.17, 15) is 9.59 Å². The highest BCUT2D eigenvalue weighted by Crippen LogP contribution is 2.28. The molecule has 1 fully saturated rings. The number of esters is 1. The second kappa shape index (κ2) is 10.9. The van der Waals surface area contributed by atoms with Crippen LogP contribution in [0.4, 0.5) is 11.4 Å². The second-order valence-electron chi connectivity index (χ2n) is 6.65. The summed E-state index contributed by atoms with van der Waals surface area (Å²) in [5, 5.41) is 6.37. The summed E-state index contributed by atoms with van der Waals surface area (Å²) in [6, 6.07) is 12.3. The summed E-state index contributed by atoms with van der Waals surface area (Å²) >= 11 is 11.2. The monoisotopic (exact) mass is 459 g/mol. The molecule has 0 aliphatic carbocycles. The van der Waals surface area contributed by atoms with Crippen molar-refractivity contribution in [2.45, 2.75) is 0 Å². The van der Waals surface area contributed by atoms with Crippen LogP contribution in [-0.4, -0.2) is 50.4 Å². The third-order valence-corrected chi connectivity index (χ3v) is 5.01. The van der Waals surface area contributed by atoms with Gasteiger partial charge in [0.1, 0.15) is 0 Å². The number of carbonyl (C=O) groups excluding carboxylic acids is 2. The number of thiocarbonyl (C=S) groups is 1. The standard InChI is InChI=1S/C22H22ClN3O4S/c1-29-21(28)16-5-8-19(26-10-12-30-13-11-26)18(14-16)24-22(31)25-20(27)9-4-15-2-6-17(23)7-3-15/h2-9,14H,10-13H2,1H3,(H2,24,25,27,31)/b9-4+. The number of carbonyl (C=O) groups is 2. The Morgan fingerprint density at radius 1 is 1.16 bits per heavy atom. The van der Waals surface area contributed by atoms with Gasteiger partial charge in [-0.15, -0.1) is 0 Å². The minimum Gasteiger partial charge on any atom is -0.465 e. The van der Waals surface area contributed by atoms with Gasteiger partial charge in [-0.05, 0) is 54.2 Å². The molecule has 0 spiro atoms. The van der Waals surface area contributed by atoms with Crippen molar-refractivity contribution in [3.8, 4) is 0 Å². The molecule has 0 bridgehead atoms. The van der Waals surface area contributed by atoms with Gasteiger partial charge in [0.15, 0.2) is 5.11 Å². The number of amides is 1. The van der Waals surface area contributed by atoms with Crippen molar-refractivity contribution in [1.82, 2.24) is 5.32 Å². The molecule has 1 heterocycles. The number of anilines is 2. The van der Waals surface area contributed by atoms with Crippen molar-refractivity contribution in [3.05, 3.63) is 64.7 Å². The van der Waals surface area contributed by atoms with Crippen LogP contribution in [0.2, 0.25) is 5.02 Å². The summed E-state index contributed by atoms with van der Waals surface area (Å²) in [6.45, 7) is 2.62. The fourth-order valence-corrected chi connectivity index (χ4v) is 3.35. The van der Waals surface area contributed by atoms with E-state index < -0.39 is 5.97 Å². The Morgan fingerprint density at radius 3 is 2.55 bits per heavy atom. The van der Waals surface area contributed by atoms with Crippen LogP contribution in [0, 0.1) is 0 Å². The maximum atomic E-state index is 12.2. The molecule has 1 aliphatic heterocycles. The topological polar surface area (TPSA) is 79.9 Å². The fraction of sp³-hybridized carbons (Fsp3) is 0.227. The van der Waals surface area contributed by atoms with E-state index in [0.717, 1.165) is 11.3 Å². The van der Waals surface area contributed by atoms with E-state index >= 15 is 0 Å². The van der Waals surface area contributed by atoms with Crippen LogP contribution in [0.3, 0.4) is 0 Å². The molecular formula is C22H22ClN3O4S. The number of nitrogens with one attached hydrogen (secondary N) is 2. The van der Waals surface area contributed by atoms with Crippen LogP contribution in [0.5, 0.6) is 0 Å². The van der Waals surface area contributed by atoms with Crippen molar-refractivity contribution in [1.29, 1.82) is 0 Å². The van der Waals surface area contributed by atoms with Gasteiger partial charge in [0.05, 0.1) is 37.3 Å². The third-order valence-electron chi connectivity index (χ3n) is 4.55. The van der Waals surface area contributed by atoms with E-state index in [4.69, 9.17) is 33.3 Å². The highest BCUT2D eigenvalue weighted by molar-refractivity contribution is 7.80. The predicted octanol–water partition coefficient (Wildman–Crippen LogP) is 3.49. The highest BCUT2D eigenvalue weighted by Gasteiger charge is 2.18. The number of halogens is 1. The summed E-state index contributed by atoms with van der Waals surface area (Å²) in [5.41, 5.74) is 2.65. The molecule has 3 rings (SSSR count). The number of morpholine rings is 1. The Labute approximate surface area is 191 Å². The molecule has 0 saturated carbocycles. The molecule has 2 aromatic rings. The maximum absolute atomic E-state index is 12.2. The Balaban J connectivity index is 1.71. The Bertz CT molecular complexity index is 989. The first-order valence-electron chi connectivity index (χ1n) is 9.57. The van der Waals surface area contributed by atoms with Crippen LogP contribution in [0.15, 0.2) is 48.5 Å².